The summed E-state index contributed by atoms with van der Waals surface area (Å²) >= 11 is 12.2. The molecule has 0 spiro atoms. The number of Topliss-reactive ketones (excluding diaryl/α,β-unsaturated/α-hetero) is 1. The summed E-state index contributed by atoms with van der Waals surface area (Å²) in [6.07, 6.45) is -0.234. The van der Waals surface area contributed by atoms with E-state index in [1.165, 1.54) is 0 Å². The molecule has 0 radical (unpaired) electrons. The van der Waals surface area contributed by atoms with Crippen LogP contribution in [0.3, 0.4) is 0 Å². The van der Waals surface area contributed by atoms with Crippen LogP contribution in [0, 0.1) is 5.92 Å². The van der Waals surface area contributed by atoms with Crippen LogP contribution in [0.4, 0.5) is 10.5 Å². The first kappa shape index (κ1) is 25.3. The molecule has 1 aromatic rings. The molecule has 0 saturated carbocycles. The Bertz CT molecular complexity index is 782. The second-order valence-electron chi connectivity index (χ2n) is 8.76. The summed E-state index contributed by atoms with van der Waals surface area (Å²) in [7, 11) is 0. The van der Waals surface area contributed by atoms with Crippen molar-refractivity contribution < 1.29 is 19.1 Å². The second-order valence-corrected chi connectivity index (χ2v) is 9.64. The number of halogens is 2. The molecule has 2 amide bonds. The van der Waals surface area contributed by atoms with Crippen molar-refractivity contribution in [1.29, 1.82) is 0 Å². The molecular weight excluding hydrogens is 441 g/mol. The number of carbonyl (C=O) groups excluding carboxylic acids is 3. The average Bonchev–Trinajstić information content (AvgIpc) is 2.65. The van der Waals surface area contributed by atoms with Crippen LogP contribution in [-0.2, 0) is 14.3 Å². The molecule has 1 aliphatic rings. The standard InChI is InChI=1S/C22H31Cl2N3O4/c1-15(11-19(28)5-6-25-21(30)31-22(2,3)4)20(29)27-9-7-26(8-10-27)18-13-16(23)12-17(24)14-18/h12-15H,5-11H2,1-4H3,(H,25,30). The van der Waals surface area contributed by atoms with E-state index in [-0.39, 0.29) is 31.1 Å². The molecule has 1 unspecified atom stereocenters. The van der Waals surface area contributed by atoms with Crippen LogP contribution < -0.4 is 10.2 Å². The fourth-order valence-corrected chi connectivity index (χ4v) is 3.88. The molecule has 1 heterocycles. The Morgan fingerprint density at radius 1 is 1.06 bits per heavy atom. The molecule has 1 atom stereocenters. The van der Waals surface area contributed by atoms with Crippen LogP contribution in [0.15, 0.2) is 18.2 Å². The number of nitrogens with zero attached hydrogens (tertiary/aromatic N) is 2. The van der Waals surface area contributed by atoms with Gasteiger partial charge in [-0.25, -0.2) is 4.79 Å². The highest BCUT2D eigenvalue weighted by molar-refractivity contribution is 6.35. The molecular formula is C22H31Cl2N3O4. The fourth-order valence-electron chi connectivity index (χ4n) is 3.37. The van der Waals surface area contributed by atoms with Gasteiger partial charge in [0.05, 0.1) is 0 Å². The Labute approximate surface area is 194 Å². The molecule has 31 heavy (non-hydrogen) atoms. The van der Waals surface area contributed by atoms with Gasteiger partial charge in [0.1, 0.15) is 11.4 Å². The monoisotopic (exact) mass is 471 g/mol. The van der Waals surface area contributed by atoms with Crippen molar-refractivity contribution in [1.82, 2.24) is 10.2 Å². The predicted octanol–water partition coefficient (Wildman–Crippen LogP) is 4.15. The van der Waals surface area contributed by atoms with Gasteiger partial charge in [-0.1, -0.05) is 30.1 Å². The van der Waals surface area contributed by atoms with Gasteiger partial charge < -0.3 is 19.9 Å². The third-order valence-corrected chi connectivity index (χ3v) is 5.27. The molecule has 1 aliphatic heterocycles. The van der Waals surface area contributed by atoms with Crippen LogP contribution >= 0.6 is 23.2 Å². The Balaban J connectivity index is 1.74. The van der Waals surface area contributed by atoms with Crippen molar-refractivity contribution in [2.75, 3.05) is 37.6 Å². The molecule has 0 aliphatic carbocycles. The average molecular weight is 472 g/mol. The quantitative estimate of drug-likeness (QED) is 0.645. The van der Waals surface area contributed by atoms with E-state index >= 15 is 0 Å². The summed E-state index contributed by atoms with van der Waals surface area (Å²) in [6.45, 7) is 9.76. The van der Waals surface area contributed by atoms with Gasteiger partial charge in [-0.15, -0.1) is 0 Å². The Hall–Kier alpha value is -1.99. The lowest BCUT2D eigenvalue weighted by molar-refractivity contribution is -0.137. The maximum atomic E-state index is 12.7. The van der Waals surface area contributed by atoms with Crippen molar-refractivity contribution in [3.8, 4) is 0 Å². The number of rotatable bonds is 7. The van der Waals surface area contributed by atoms with Gasteiger partial charge in [0.2, 0.25) is 5.91 Å². The van der Waals surface area contributed by atoms with E-state index in [0.29, 0.717) is 36.2 Å². The first-order valence-electron chi connectivity index (χ1n) is 10.4. The van der Waals surface area contributed by atoms with Gasteiger partial charge in [0.15, 0.2) is 0 Å². The minimum Gasteiger partial charge on any atom is -0.444 e. The topological polar surface area (TPSA) is 78.9 Å². The zero-order valence-electron chi connectivity index (χ0n) is 18.5. The number of anilines is 1. The summed E-state index contributed by atoms with van der Waals surface area (Å²) in [5.41, 5.74) is 0.350. The largest absolute Gasteiger partial charge is 0.444 e. The van der Waals surface area contributed by atoms with E-state index < -0.39 is 17.6 Å². The van der Waals surface area contributed by atoms with E-state index in [4.69, 9.17) is 27.9 Å². The zero-order chi connectivity index (χ0) is 23.2. The third kappa shape index (κ3) is 8.57. The first-order chi connectivity index (χ1) is 14.4. The SMILES string of the molecule is CC(CC(=O)CCNC(=O)OC(C)(C)C)C(=O)N1CCN(c2cc(Cl)cc(Cl)c2)CC1. The van der Waals surface area contributed by atoms with E-state index in [2.05, 4.69) is 10.2 Å². The highest BCUT2D eigenvalue weighted by Crippen LogP contribution is 2.26. The van der Waals surface area contributed by atoms with Gasteiger partial charge in [0, 0.05) is 67.2 Å². The Kier molecular flexibility index (Phi) is 9.01. The lowest BCUT2D eigenvalue weighted by Gasteiger charge is -2.37. The normalized spacial score (nSPS) is 15.4. The predicted molar refractivity (Wildman–Crippen MR) is 123 cm³/mol. The summed E-state index contributed by atoms with van der Waals surface area (Å²) in [5.74, 6) is -0.498. The molecule has 172 valence electrons. The van der Waals surface area contributed by atoms with Gasteiger partial charge in [-0.05, 0) is 39.0 Å². The number of nitrogens with one attached hydrogen (secondary N) is 1. The van der Waals surface area contributed by atoms with Gasteiger partial charge in [-0.3, -0.25) is 9.59 Å². The number of ketones is 1. The van der Waals surface area contributed by atoms with Crippen molar-refractivity contribution in [3.63, 3.8) is 0 Å². The smallest absolute Gasteiger partial charge is 0.407 e. The third-order valence-electron chi connectivity index (χ3n) is 4.83. The van der Waals surface area contributed by atoms with Gasteiger partial charge in [0.25, 0.3) is 0 Å². The van der Waals surface area contributed by atoms with Crippen molar-refractivity contribution in [2.24, 2.45) is 5.92 Å². The van der Waals surface area contributed by atoms with Gasteiger partial charge >= 0.3 is 6.09 Å². The van der Waals surface area contributed by atoms with Gasteiger partial charge in [-0.2, -0.15) is 0 Å². The molecule has 1 aromatic carbocycles. The molecule has 1 N–H and O–H groups in total. The number of hydrogen-bond donors (Lipinski definition) is 1. The zero-order valence-corrected chi connectivity index (χ0v) is 20.1. The highest BCUT2D eigenvalue weighted by atomic mass is 35.5. The lowest BCUT2D eigenvalue weighted by atomic mass is 10.0. The molecule has 9 heteroatoms. The lowest BCUT2D eigenvalue weighted by Crippen LogP contribution is -2.50. The summed E-state index contributed by atoms with van der Waals surface area (Å²) in [4.78, 5) is 40.5. The number of amides is 2. The summed E-state index contributed by atoms with van der Waals surface area (Å²) in [6, 6.07) is 5.41. The molecule has 1 fully saturated rings. The van der Waals surface area contributed by atoms with Crippen molar-refractivity contribution in [2.45, 2.75) is 46.1 Å². The van der Waals surface area contributed by atoms with Crippen molar-refractivity contribution in [3.05, 3.63) is 28.2 Å². The van der Waals surface area contributed by atoms with E-state index in [1.807, 2.05) is 12.1 Å². The molecule has 7 nitrogen and oxygen atoms in total. The molecule has 2 rings (SSSR count). The van der Waals surface area contributed by atoms with E-state index in [1.54, 1.807) is 38.7 Å². The minimum atomic E-state index is -0.585. The maximum Gasteiger partial charge on any atom is 0.407 e. The number of benzene rings is 1. The number of carbonyl (C=O) groups is 3. The first-order valence-corrected chi connectivity index (χ1v) is 11.2. The van der Waals surface area contributed by atoms with Crippen LogP contribution in [-0.4, -0.2) is 61.0 Å². The number of piperazine rings is 1. The van der Waals surface area contributed by atoms with Crippen LogP contribution in [0.5, 0.6) is 0 Å². The number of ether oxygens (including phenoxy) is 1. The maximum absolute atomic E-state index is 12.7. The molecule has 0 bridgehead atoms. The fraction of sp³-hybridized carbons (Fsp3) is 0.591. The summed E-state index contributed by atoms with van der Waals surface area (Å²) < 4.78 is 5.13. The van der Waals surface area contributed by atoms with Crippen LogP contribution in [0.1, 0.15) is 40.5 Å². The Morgan fingerprint density at radius 2 is 1.65 bits per heavy atom. The van der Waals surface area contributed by atoms with Crippen LogP contribution in [0.25, 0.3) is 0 Å². The van der Waals surface area contributed by atoms with Crippen LogP contribution in [0.2, 0.25) is 10.0 Å². The Morgan fingerprint density at radius 3 is 2.19 bits per heavy atom. The van der Waals surface area contributed by atoms with E-state index in [0.717, 1.165) is 5.69 Å². The molecule has 1 saturated heterocycles. The number of alkyl carbamates (subject to hydrolysis) is 1. The summed E-state index contributed by atoms with van der Waals surface area (Å²) in [5, 5.41) is 3.72. The number of hydrogen-bond acceptors (Lipinski definition) is 5. The van der Waals surface area contributed by atoms with Crippen molar-refractivity contribution >= 4 is 46.7 Å². The second kappa shape index (κ2) is 11.0. The van der Waals surface area contributed by atoms with E-state index in [9.17, 15) is 14.4 Å². The highest BCUT2D eigenvalue weighted by Gasteiger charge is 2.26. The molecule has 0 aromatic heterocycles. The minimum absolute atomic E-state index is 0.0303.